The van der Waals surface area contributed by atoms with Crippen LogP contribution in [0.4, 0.5) is 15.8 Å². The number of amides is 1. The average Bonchev–Trinajstić information content (AvgIpc) is 3.54. The van der Waals surface area contributed by atoms with Gasteiger partial charge in [0, 0.05) is 29.9 Å². The van der Waals surface area contributed by atoms with Crippen LogP contribution in [-0.2, 0) is 4.79 Å². The summed E-state index contributed by atoms with van der Waals surface area (Å²) >= 11 is 5.79. The van der Waals surface area contributed by atoms with Crippen molar-refractivity contribution in [1.82, 2.24) is 10.3 Å². The molecule has 4 aromatic rings. The molecule has 9 heteroatoms. The highest BCUT2D eigenvalue weighted by Gasteiger charge is 2.42. The highest BCUT2D eigenvalue weighted by Crippen LogP contribution is 2.44. The zero-order valence-corrected chi connectivity index (χ0v) is 21.1. The molecular weight excluding hydrogens is 491 g/mol. The molecule has 0 aliphatic carbocycles. The van der Waals surface area contributed by atoms with Crippen LogP contribution in [0.3, 0.4) is 0 Å². The van der Waals surface area contributed by atoms with E-state index >= 15 is 0 Å². The first kappa shape index (κ1) is 24.5. The molecule has 1 saturated heterocycles. The van der Waals surface area contributed by atoms with Crippen LogP contribution in [0.15, 0.2) is 83.4 Å². The minimum Gasteiger partial charge on any atom is -0.494 e. The SMILES string of the molecule is CCC(=O)Nc1ccc(N2C(=S)N[C@@H](c3ccccn3)[C@H]2c2ccc(-c3ccc(F)cc3)o2)cc1OC. The topological polar surface area (TPSA) is 79.6 Å². The number of benzene rings is 2. The van der Waals surface area contributed by atoms with Crippen molar-refractivity contribution in [2.75, 3.05) is 17.3 Å². The molecule has 1 fully saturated rings. The summed E-state index contributed by atoms with van der Waals surface area (Å²) < 4.78 is 25.3. The molecule has 2 atom stereocenters. The maximum absolute atomic E-state index is 13.5. The Morgan fingerprint density at radius 2 is 1.97 bits per heavy atom. The summed E-state index contributed by atoms with van der Waals surface area (Å²) in [7, 11) is 1.55. The van der Waals surface area contributed by atoms with E-state index in [0.29, 0.717) is 34.5 Å². The van der Waals surface area contributed by atoms with E-state index in [-0.39, 0.29) is 23.8 Å². The molecule has 37 heavy (non-hydrogen) atoms. The number of thiocarbonyl (C=S) groups is 1. The van der Waals surface area contributed by atoms with Gasteiger partial charge in [-0.25, -0.2) is 4.39 Å². The van der Waals surface area contributed by atoms with Gasteiger partial charge in [-0.2, -0.15) is 0 Å². The Hall–Kier alpha value is -4.24. The standard InChI is InChI=1S/C28H25FN4O3S/c1-3-25(34)31-20-12-11-19(16-24(20)35-2)33-27(26(32-28(33)37)21-6-4-5-15-30-21)23-14-13-22(36-23)17-7-9-18(29)10-8-17/h4-16,26-27H,3H2,1-2H3,(H,31,34)(H,32,37)/t26-,27+/m0/s1. The Morgan fingerprint density at radius 3 is 2.68 bits per heavy atom. The van der Waals surface area contributed by atoms with Gasteiger partial charge in [0.1, 0.15) is 29.1 Å². The van der Waals surface area contributed by atoms with E-state index in [1.807, 2.05) is 47.4 Å². The Bertz CT molecular complexity index is 1430. The van der Waals surface area contributed by atoms with Crippen LogP contribution in [0.1, 0.15) is 36.9 Å². The third-order valence-electron chi connectivity index (χ3n) is 6.20. The van der Waals surface area contributed by atoms with Crippen LogP contribution in [-0.4, -0.2) is 23.1 Å². The van der Waals surface area contributed by atoms with Gasteiger partial charge >= 0.3 is 0 Å². The lowest BCUT2D eigenvalue weighted by Gasteiger charge is -2.27. The Labute approximate surface area is 219 Å². The lowest BCUT2D eigenvalue weighted by atomic mass is 10.0. The van der Waals surface area contributed by atoms with Gasteiger partial charge in [0.2, 0.25) is 5.91 Å². The highest BCUT2D eigenvalue weighted by molar-refractivity contribution is 7.80. The average molecular weight is 517 g/mol. The van der Waals surface area contributed by atoms with E-state index in [1.165, 1.54) is 12.1 Å². The van der Waals surface area contributed by atoms with Crippen molar-refractivity contribution in [3.8, 4) is 17.1 Å². The van der Waals surface area contributed by atoms with Gasteiger partial charge < -0.3 is 24.7 Å². The number of aromatic nitrogens is 1. The van der Waals surface area contributed by atoms with Crippen molar-refractivity contribution in [3.05, 3.63) is 96.3 Å². The summed E-state index contributed by atoms with van der Waals surface area (Å²) in [6, 6.07) is 20.5. The zero-order valence-electron chi connectivity index (χ0n) is 20.3. The van der Waals surface area contributed by atoms with Crippen molar-refractivity contribution in [1.29, 1.82) is 0 Å². The number of anilines is 2. The predicted octanol–water partition coefficient (Wildman–Crippen LogP) is 6.01. The monoisotopic (exact) mass is 516 g/mol. The summed E-state index contributed by atoms with van der Waals surface area (Å²) in [5.74, 6) is 1.36. The van der Waals surface area contributed by atoms with Crippen LogP contribution in [0.2, 0.25) is 0 Å². The number of hydrogen-bond donors (Lipinski definition) is 2. The van der Waals surface area contributed by atoms with Crippen LogP contribution in [0.5, 0.6) is 5.75 Å². The largest absolute Gasteiger partial charge is 0.494 e. The molecule has 3 heterocycles. The van der Waals surface area contributed by atoms with Crippen molar-refractivity contribution >= 4 is 34.6 Å². The third kappa shape index (κ3) is 4.90. The zero-order chi connectivity index (χ0) is 25.9. The molecule has 5 rings (SSSR count). The van der Waals surface area contributed by atoms with E-state index in [4.69, 9.17) is 21.4 Å². The molecule has 0 unspecified atom stereocenters. The number of halogens is 1. The van der Waals surface area contributed by atoms with Crippen molar-refractivity contribution in [3.63, 3.8) is 0 Å². The van der Waals surface area contributed by atoms with Crippen LogP contribution >= 0.6 is 12.2 Å². The van der Waals surface area contributed by atoms with Gasteiger partial charge in [-0.1, -0.05) is 13.0 Å². The molecule has 188 valence electrons. The molecule has 1 aliphatic heterocycles. The second-order valence-electron chi connectivity index (χ2n) is 8.49. The highest BCUT2D eigenvalue weighted by atomic mass is 32.1. The number of furan rings is 1. The molecule has 0 saturated carbocycles. The summed E-state index contributed by atoms with van der Waals surface area (Å²) in [4.78, 5) is 18.5. The lowest BCUT2D eigenvalue weighted by Crippen LogP contribution is -2.29. The first-order chi connectivity index (χ1) is 18.0. The number of pyridine rings is 1. The molecular formula is C28H25FN4O3S. The summed E-state index contributed by atoms with van der Waals surface area (Å²) in [6.07, 6.45) is 2.09. The quantitative estimate of drug-likeness (QED) is 0.291. The fourth-order valence-corrected chi connectivity index (χ4v) is 4.72. The number of nitrogens with zero attached hydrogens (tertiary/aromatic N) is 2. The minimum absolute atomic E-state index is 0.110. The second-order valence-corrected chi connectivity index (χ2v) is 8.88. The van der Waals surface area contributed by atoms with Gasteiger partial charge in [-0.05, 0) is 72.9 Å². The van der Waals surface area contributed by atoms with E-state index in [9.17, 15) is 9.18 Å². The molecule has 0 radical (unpaired) electrons. The smallest absolute Gasteiger partial charge is 0.224 e. The molecule has 2 aromatic heterocycles. The third-order valence-corrected chi connectivity index (χ3v) is 6.52. The maximum atomic E-state index is 13.5. The van der Waals surface area contributed by atoms with Crippen molar-refractivity contribution in [2.24, 2.45) is 0 Å². The number of nitrogens with one attached hydrogen (secondary N) is 2. The molecule has 7 nitrogen and oxygen atoms in total. The number of rotatable bonds is 7. The van der Waals surface area contributed by atoms with Gasteiger partial charge in [0.25, 0.3) is 0 Å². The molecule has 1 aliphatic rings. The first-order valence-electron chi connectivity index (χ1n) is 11.8. The summed E-state index contributed by atoms with van der Waals surface area (Å²) in [6.45, 7) is 1.79. The fraction of sp³-hybridized carbons (Fsp3) is 0.179. The minimum atomic E-state index is -0.377. The van der Waals surface area contributed by atoms with Crippen molar-refractivity contribution < 1.29 is 18.3 Å². The molecule has 0 bridgehead atoms. The van der Waals surface area contributed by atoms with Crippen LogP contribution in [0, 0.1) is 5.82 Å². The fourth-order valence-electron chi connectivity index (χ4n) is 4.37. The van der Waals surface area contributed by atoms with Gasteiger partial charge in [-0.15, -0.1) is 0 Å². The van der Waals surface area contributed by atoms with Gasteiger partial charge in [0.15, 0.2) is 5.11 Å². The predicted molar refractivity (Wildman–Crippen MR) is 144 cm³/mol. The van der Waals surface area contributed by atoms with E-state index < -0.39 is 0 Å². The second kappa shape index (κ2) is 10.4. The number of hydrogen-bond acceptors (Lipinski definition) is 5. The molecule has 0 spiro atoms. The number of methoxy groups -OCH3 is 1. The van der Waals surface area contributed by atoms with E-state index in [1.54, 1.807) is 38.4 Å². The Balaban J connectivity index is 1.57. The van der Waals surface area contributed by atoms with Crippen molar-refractivity contribution in [2.45, 2.75) is 25.4 Å². The normalized spacial score (nSPS) is 16.9. The number of carbonyl (C=O) groups excluding carboxylic acids is 1. The first-order valence-corrected chi connectivity index (χ1v) is 12.2. The maximum Gasteiger partial charge on any atom is 0.224 e. The Morgan fingerprint density at radius 1 is 1.16 bits per heavy atom. The summed E-state index contributed by atoms with van der Waals surface area (Å²) in [5, 5.41) is 6.74. The van der Waals surface area contributed by atoms with E-state index in [2.05, 4.69) is 15.6 Å². The molecule has 1 amide bonds. The van der Waals surface area contributed by atoms with Gasteiger partial charge in [-0.3, -0.25) is 9.78 Å². The van der Waals surface area contributed by atoms with Gasteiger partial charge in [0.05, 0.1) is 24.5 Å². The lowest BCUT2D eigenvalue weighted by molar-refractivity contribution is -0.115. The number of carbonyl (C=O) groups is 1. The van der Waals surface area contributed by atoms with E-state index in [0.717, 1.165) is 16.9 Å². The summed E-state index contributed by atoms with van der Waals surface area (Å²) in [5.41, 5.74) is 2.90. The number of ether oxygens (including phenoxy) is 1. The molecule has 2 N–H and O–H groups in total. The van der Waals surface area contributed by atoms with Crippen LogP contribution < -0.4 is 20.3 Å². The van der Waals surface area contributed by atoms with Crippen LogP contribution in [0.25, 0.3) is 11.3 Å². The Kier molecular flexibility index (Phi) is 6.87. The molecule has 2 aromatic carbocycles.